The first-order valence-electron chi connectivity index (χ1n) is 8.50. The van der Waals surface area contributed by atoms with Crippen molar-refractivity contribution < 1.29 is 14.3 Å². The fourth-order valence-electron chi connectivity index (χ4n) is 2.93. The molecule has 0 radical (unpaired) electrons. The molecule has 25 heavy (non-hydrogen) atoms. The number of rotatable bonds is 7. The van der Waals surface area contributed by atoms with Gasteiger partial charge in [0.1, 0.15) is 11.5 Å². The van der Waals surface area contributed by atoms with E-state index in [0.29, 0.717) is 0 Å². The van der Waals surface area contributed by atoms with Gasteiger partial charge in [-0.2, -0.15) is 0 Å². The molecule has 1 atom stereocenters. The number of hydrogen-bond acceptors (Lipinski definition) is 5. The van der Waals surface area contributed by atoms with E-state index in [9.17, 15) is 4.79 Å². The average molecular weight is 347 g/mol. The van der Waals surface area contributed by atoms with Crippen LogP contribution < -0.4 is 14.4 Å². The molecule has 0 saturated carbocycles. The van der Waals surface area contributed by atoms with Crippen molar-refractivity contribution in [2.45, 2.75) is 12.5 Å². The van der Waals surface area contributed by atoms with Crippen LogP contribution in [-0.4, -0.2) is 76.7 Å². The van der Waals surface area contributed by atoms with E-state index in [1.807, 2.05) is 55.2 Å². The summed E-state index contributed by atoms with van der Waals surface area (Å²) in [5, 5.41) is 0. The molecule has 0 aliphatic carbocycles. The molecule has 0 aromatic heterocycles. The van der Waals surface area contributed by atoms with Crippen LogP contribution in [0.25, 0.3) is 0 Å². The Hall–Kier alpha value is -2.21. The Bertz CT molecular complexity index is 594. The van der Waals surface area contributed by atoms with Crippen LogP contribution in [0.3, 0.4) is 0 Å². The van der Waals surface area contributed by atoms with Gasteiger partial charge in [-0.05, 0) is 20.5 Å². The molecule has 1 heterocycles. The topological polar surface area (TPSA) is 45.3 Å². The number of amides is 1. The summed E-state index contributed by atoms with van der Waals surface area (Å²) < 4.78 is 10.7. The molecule has 1 aliphatic rings. The van der Waals surface area contributed by atoms with Gasteiger partial charge >= 0.3 is 0 Å². The Morgan fingerprint density at radius 3 is 2.40 bits per heavy atom. The molecule has 1 aromatic rings. The van der Waals surface area contributed by atoms with Gasteiger partial charge in [0, 0.05) is 56.6 Å². The molecular weight excluding hydrogens is 318 g/mol. The smallest absolute Gasteiger partial charge is 0.246 e. The molecule has 6 nitrogen and oxygen atoms in total. The van der Waals surface area contributed by atoms with Crippen molar-refractivity contribution in [3.05, 3.63) is 30.4 Å². The summed E-state index contributed by atoms with van der Waals surface area (Å²) in [5.74, 6) is 1.60. The van der Waals surface area contributed by atoms with Crippen LogP contribution in [0.15, 0.2) is 30.4 Å². The van der Waals surface area contributed by atoms with Crippen molar-refractivity contribution in [1.82, 2.24) is 9.80 Å². The van der Waals surface area contributed by atoms with Crippen LogP contribution in [0.5, 0.6) is 11.5 Å². The fraction of sp³-hybridized carbons (Fsp3) is 0.526. The van der Waals surface area contributed by atoms with Crippen LogP contribution in [0, 0.1) is 0 Å². The van der Waals surface area contributed by atoms with E-state index >= 15 is 0 Å². The number of benzene rings is 1. The molecule has 0 bridgehead atoms. The number of methoxy groups -OCH3 is 2. The molecule has 1 aliphatic heterocycles. The van der Waals surface area contributed by atoms with Gasteiger partial charge in [0.2, 0.25) is 5.91 Å². The SMILES string of the molecule is COc1cc(OC)cc(N2CCC(N(C)C(=O)/C=C/CN(C)C)C2)c1. The van der Waals surface area contributed by atoms with E-state index in [0.717, 1.165) is 43.2 Å². The molecule has 1 aromatic carbocycles. The summed E-state index contributed by atoms with van der Waals surface area (Å²) in [6.07, 6.45) is 4.51. The molecule has 1 amide bonds. The summed E-state index contributed by atoms with van der Waals surface area (Å²) in [6, 6.07) is 6.07. The van der Waals surface area contributed by atoms with Crippen LogP contribution >= 0.6 is 0 Å². The number of ether oxygens (including phenoxy) is 2. The van der Waals surface area contributed by atoms with Crippen molar-refractivity contribution in [3.63, 3.8) is 0 Å². The molecule has 1 unspecified atom stereocenters. The molecule has 0 spiro atoms. The second kappa shape index (κ2) is 8.76. The predicted molar refractivity (Wildman–Crippen MR) is 101 cm³/mol. The third-order valence-corrected chi connectivity index (χ3v) is 4.49. The zero-order valence-electron chi connectivity index (χ0n) is 15.9. The molecule has 2 rings (SSSR count). The van der Waals surface area contributed by atoms with Crippen molar-refractivity contribution in [2.24, 2.45) is 0 Å². The zero-order chi connectivity index (χ0) is 18.4. The van der Waals surface area contributed by atoms with Crippen LogP contribution in [-0.2, 0) is 4.79 Å². The minimum Gasteiger partial charge on any atom is -0.497 e. The minimum absolute atomic E-state index is 0.0527. The maximum Gasteiger partial charge on any atom is 0.246 e. The maximum atomic E-state index is 12.3. The summed E-state index contributed by atoms with van der Waals surface area (Å²) in [4.78, 5) is 18.4. The van der Waals surface area contributed by atoms with E-state index in [-0.39, 0.29) is 11.9 Å². The highest BCUT2D eigenvalue weighted by atomic mass is 16.5. The molecule has 138 valence electrons. The second-order valence-corrected chi connectivity index (χ2v) is 6.57. The van der Waals surface area contributed by atoms with Crippen LogP contribution in [0.1, 0.15) is 6.42 Å². The van der Waals surface area contributed by atoms with Gasteiger partial charge in [-0.1, -0.05) is 6.08 Å². The normalized spacial score (nSPS) is 17.4. The van der Waals surface area contributed by atoms with Crippen molar-refractivity contribution in [3.8, 4) is 11.5 Å². The Morgan fingerprint density at radius 2 is 1.84 bits per heavy atom. The molecule has 1 fully saturated rings. The van der Waals surface area contributed by atoms with Crippen molar-refractivity contribution in [1.29, 1.82) is 0 Å². The summed E-state index contributed by atoms with van der Waals surface area (Å²) >= 11 is 0. The largest absolute Gasteiger partial charge is 0.497 e. The van der Waals surface area contributed by atoms with Crippen molar-refractivity contribution in [2.75, 3.05) is 59.9 Å². The van der Waals surface area contributed by atoms with Gasteiger partial charge in [0.15, 0.2) is 0 Å². The number of carbonyl (C=O) groups excluding carboxylic acids is 1. The molecule has 0 N–H and O–H groups in total. The molecular formula is C19H29N3O3. The first-order valence-corrected chi connectivity index (χ1v) is 8.50. The Balaban J connectivity index is 2.01. The van der Waals surface area contributed by atoms with E-state index in [2.05, 4.69) is 4.90 Å². The average Bonchev–Trinajstić information content (AvgIpc) is 3.10. The van der Waals surface area contributed by atoms with Gasteiger partial charge in [0.05, 0.1) is 20.3 Å². The van der Waals surface area contributed by atoms with Gasteiger partial charge in [-0.15, -0.1) is 0 Å². The van der Waals surface area contributed by atoms with E-state index in [4.69, 9.17) is 9.47 Å². The Labute approximate surface area is 150 Å². The summed E-state index contributed by atoms with van der Waals surface area (Å²) in [5.41, 5.74) is 1.06. The lowest BCUT2D eigenvalue weighted by atomic mass is 10.2. The molecule has 1 saturated heterocycles. The monoisotopic (exact) mass is 347 g/mol. The standard InChI is InChI=1S/C19H29N3O3/c1-20(2)9-6-7-19(23)21(3)15-8-10-22(14-15)16-11-17(24-4)13-18(12-16)25-5/h6-7,11-13,15H,8-10,14H2,1-5H3/b7-6+. The fourth-order valence-corrected chi connectivity index (χ4v) is 2.93. The van der Waals surface area contributed by atoms with Crippen LogP contribution in [0.2, 0.25) is 0 Å². The minimum atomic E-state index is 0.0527. The predicted octanol–water partition coefficient (Wildman–Crippen LogP) is 1.86. The van der Waals surface area contributed by atoms with Crippen LogP contribution in [0.4, 0.5) is 5.69 Å². The highest BCUT2D eigenvalue weighted by Crippen LogP contribution is 2.31. The quantitative estimate of drug-likeness (QED) is 0.705. The maximum absolute atomic E-state index is 12.3. The number of nitrogens with zero attached hydrogens (tertiary/aromatic N) is 3. The number of carbonyl (C=O) groups is 1. The number of anilines is 1. The third kappa shape index (κ3) is 5.13. The summed E-state index contributed by atoms with van der Waals surface area (Å²) in [6.45, 7) is 2.47. The highest BCUT2D eigenvalue weighted by Gasteiger charge is 2.28. The lowest BCUT2D eigenvalue weighted by Gasteiger charge is -2.25. The lowest BCUT2D eigenvalue weighted by molar-refractivity contribution is -0.126. The van der Waals surface area contributed by atoms with Gasteiger partial charge < -0.3 is 24.2 Å². The van der Waals surface area contributed by atoms with E-state index < -0.39 is 0 Å². The number of likely N-dealkylation sites (N-methyl/N-ethyl adjacent to an activating group) is 2. The lowest BCUT2D eigenvalue weighted by Crippen LogP contribution is -2.38. The first-order chi connectivity index (χ1) is 11.9. The Morgan fingerprint density at radius 1 is 1.20 bits per heavy atom. The van der Waals surface area contributed by atoms with E-state index in [1.165, 1.54) is 0 Å². The van der Waals surface area contributed by atoms with Gasteiger partial charge in [-0.3, -0.25) is 4.79 Å². The number of hydrogen-bond donors (Lipinski definition) is 0. The Kier molecular flexibility index (Phi) is 6.70. The first kappa shape index (κ1) is 19.1. The van der Waals surface area contributed by atoms with Gasteiger partial charge in [0.25, 0.3) is 0 Å². The zero-order valence-corrected chi connectivity index (χ0v) is 15.9. The van der Waals surface area contributed by atoms with Gasteiger partial charge in [-0.25, -0.2) is 0 Å². The second-order valence-electron chi connectivity index (χ2n) is 6.57. The molecule has 6 heteroatoms. The highest BCUT2D eigenvalue weighted by molar-refractivity contribution is 5.87. The van der Waals surface area contributed by atoms with Crippen molar-refractivity contribution >= 4 is 11.6 Å². The summed E-state index contributed by atoms with van der Waals surface area (Å²) in [7, 11) is 9.14. The van der Waals surface area contributed by atoms with E-state index in [1.54, 1.807) is 20.3 Å². The third-order valence-electron chi connectivity index (χ3n) is 4.49.